The number of nitrogens with one attached hydrogen (secondary N) is 1. The summed E-state index contributed by atoms with van der Waals surface area (Å²) in [5.41, 5.74) is 5.19. The van der Waals surface area contributed by atoms with Crippen LogP contribution in [-0.4, -0.2) is 24.2 Å². The molecule has 0 aromatic carbocycles. The minimum absolute atomic E-state index is 0.00606. The molecule has 1 amide bonds. The van der Waals surface area contributed by atoms with Gasteiger partial charge in [0, 0.05) is 6.92 Å². The van der Waals surface area contributed by atoms with E-state index >= 15 is 0 Å². The Hall–Kier alpha value is -1.39. The quantitative estimate of drug-likeness (QED) is 0.399. The standard InChI is InChI=1S/C6H11N3O2/c1-4(10)3-8-6(7)9-5(2)11/h3H2,1-2H3,(H3,7,8,9,11). The van der Waals surface area contributed by atoms with Crippen LogP contribution < -0.4 is 11.1 Å². The highest BCUT2D eigenvalue weighted by Gasteiger charge is 1.94. The van der Waals surface area contributed by atoms with Crippen LogP contribution >= 0.6 is 0 Å². The van der Waals surface area contributed by atoms with Crippen molar-refractivity contribution in [3.63, 3.8) is 0 Å². The van der Waals surface area contributed by atoms with Crippen molar-refractivity contribution in [2.24, 2.45) is 10.7 Å². The molecule has 0 spiro atoms. The summed E-state index contributed by atoms with van der Waals surface area (Å²) in [4.78, 5) is 24.3. The lowest BCUT2D eigenvalue weighted by atomic mass is 10.5. The van der Waals surface area contributed by atoms with Gasteiger partial charge in [0.1, 0.15) is 6.54 Å². The summed E-state index contributed by atoms with van der Waals surface area (Å²) in [6, 6.07) is 0. The molecule has 0 saturated carbocycles. The van der Waals surface area contributed by atoms with Gasteiger partial charge in [0.15, 0.2) is 11.7 Å². The van der Waals surface area contributed by atoms with E-state index in [2.05, 4.69) is 10.3 Å². The van der Waals surface area contributed by atoms with Crippen LogP contribution in [0.4, 0.5) is 0 Å². The number of amides is 1. The van der Waals surface area contributed by atoms with Crippen LogP contribution in [0.15, 0.2) is 4.99 Å². The Morgan fingerprint density at radius 3 is 2.36 bits per heavy atom. The number of ketones is 1. The zero-order valence-corrected chi connectivity index (χ0v) is 6.55. The van der Waals surface area contributed by atoms with E-state index in [1.54, 1.807) is 0 Å². The fourth-order valence-electron chi connectivity index (χ4n) is 0.416. The molecule has 0 fully saturated rings. The van der Waals surface area contributed by atoms with Gasteiger partial charge in [-0.1, -0.05) is 0 Å². The van der Waals surface area contributed by atoms with Gasteiger partial charge in [-0.2, -0.15) is 0 Å². The molecule has 11 heavy (non-hydrogen) atoms. The maximum atomic E-state index is 10.4. The van der Waals surface area contributed by atoms with Crippen LogP contribution in [0.3, 0.4) is 0 Å². The molecule has 0 atom stereocenters. The van der Waals surface area contributed by atoms with Gasteiger partial charge in [-0.3, -0.25) is 14.9 Å². The number of guanidine groups is 1. The van der Waals surface area contributed by atoms with E-state index in [4.69, 9.17) is 5.73 Å². The van der Waals surface area contributed by atoms with E-state index in [-0.39, 0.29) is 24.2 Å². The molecular formula is C6H11N3O2. The molecule has 3 N–H and O–H groups in total. The van der Waals surface area contributed by atoms with Crippen molar-refractivity contribution in [2.75, 3.05) is 6.54 Å². The smallest absolute Gasteiger partial charge is 0.223 e. The lowest BCUT2D eigenvalue weighted by Crippen LogP contribution is -2.35. The summed E-state index contributed by atoms with van der Waals surface area (Å²) in [7, 11) is 0. The number of aliphatic imine (C=N–C) groups is 1. The van der Waals surface area contributed by atoms with Crippen LogP contribution in [0.2, 0.25) is 0 Å². The summed E-state index contributed by atoms with van der Waals surface area (Å²) in [6.07, 6.45) is 0. The third-order valence-corrected chi connectivity index (χ3v) is 0.776. The van der Waals surface area contributed by atoms with Gasteiger partial charge < -0.3 is 5.73 Å². The third-order valence-electron chi connectivity index (χ3n) is 0.776. The fraction of sp³-hybridized carbons (Fsp3) is 0.500. The number of nitrogens with zero attached hydrogens (tertiary/aromatic N) is 1. The first kappa shape index (κ1) is 9.61. The predicted octanol–water partition coefficient (Wildman–Crippen LogP) is -0.974. The molecule has 0 saturated heterocycles. The average Bonchev–Trinajstić information content (AvgIpc) is 1.82. The molecule has 0 aliphatic rings. The van der Waals surface area contributed by atoms with Gasteiger partial charge in [-0.15, -0.1) is 0 Å². The molecule has 0 radical (unpaired) electrons. The van der Waals surface area contributed by atoms with Crippen molar-refractivity contribution in [3.05, 3.63) is 0 Å². The van der Waals surface area contributed by atoms with Crippen molar-refractivity contribution < 1.29 is 9.59 Å². The normalized spacial score (nSPS) is 10.9. The van der Waals surface area contributed by atoms with Crippen molar-refractivity contribution in [1.82, 2.24) is 5.32 Å². The maximum absolute atomic E-state index is 10.4. The van der Waals surface area contributed by atoms with Crippen LogP contribution in [0.1, 0.15) is 13.8 Å². The molecule has 0 heterocycles. The van der Waals surface area contributed by atoms with Crippen LogP contribution in [0.5, 0.6) is 0 Å². The van der Waals surface area contributed by atoms with E-state index in [0.717, 1.165) is 0 Å². The molecule has 0 aliphatic carbocycles. The van der Waals surface area contributed by atoms with Crippen LogP contribution in [-0.2, 0) is 9.59 Å². The van der Waals surface area contributed by atoms with Gasteiger partial charge in [0.05, 0.1) is 0 Å². The summed E-state index contributed by atoms with van der Waals surface area (Å²) in [5.74, 6) is -0.416. The number of rotatable bonds is 2. The van der Waals surface area contributed by atoms with E-state index in [0.29, 0.717) is 0 Å². The Morgan fingerprint density at radius 1 is 1.45 bits per heavy atom. The molecule has 0 bridgehead atoms. The topological polar surface area (TPSA) is 84.6 Å². The van der Waals surface area contributed by atoms with E-state index in [1.165, 1.54) is 13.8 Å². The minimum atomic E-state index is -0.296. The van der Waals surface area contributed by atoms with Gasteiger partial charge in [0.25, 0.3) is 0 Å². The van der Waals surface area contributed by atoms with Crippen LogP contribution in [0.25, 0.3) is 0 Å². The van der Waals surface area contributed by atoms with E-state index < -0.39 is 0 Å². The molecule has 5 heteroatoms. The Balaban J connectivity index is 3.81. The second-order valence-electron chi connectivity index (χ2n) is 2.08. The second-order valence-corrected chi connectivity index (χ2v) is 2.08. The van der Waals surface area contributed by atoms with E-state index in [9.17, 15) is 9.59 Å². The first-order valence-electron chi connectivity index (χ1n) is 3.09. The highest BCUT2D eigenvalue weighted by atomic mass is 16.1. The molecule has 5 nitrogen and oxygen atoms in total. The van der Waals surface area contributed by atoms with Crippen molar-refractivity contribution in [1.29, 1.82) is 0 Å². The molecule has 0 unspecified atom stereocenters. The highest BCUT2D eigenvalue weighted by Crippen LogP contribution is 1.72. The lowest BCUT2D eigenvalue weighted by molar-refractivity contribution is -0.118. The molecule has 0 rings (SSSR count). The lowest BCUT2D eigenvalue weighted by Gasteiger charge is -1.97. The predicted molar refractivity (Wildman–Crippen MR) is 41.0 cm³/mol. The first-order chi connectivity index (χ1) is 5.02. The SMILES string of the molecule is CC(=O)CN=C(N)NC(C)=O. The van der Waals surface area contributed by atoms with Gasteiger partial charge in [-0.25, -0.2) is 4.99 Å². The summed E-state index contributed by atoms with van der Waals surface area (Å²) >= 11 is 0. The Labute approximate surface area is 64.7 Å². The average molecular weight is 157 g/mol. The molecule has 0 aliphatic heterocycles. The number of hydrogen-bond acceptors (Lipinski definition) is 3. The Kier molecular flexibility index (Phi) is 3.87. The molecular weight excluding hydrogens is 146 g/mol. The number of Topliss-reactive ketones (excluding diaryl/α,β-unsaturated/α-hetero) is 1. The van der Waals surface area contributed by atoms with Crippen LogP contribution in [0, 0.1) is 0 Å². The Morgan fingerprint density at radius 2 is 2.00 bits per heavy atom. The maximum Gasteiger partial charge on any atom is 0.223 e. The zero-order valence-electron chi connectivity index (χ0n) is 6.55. The van der Waals surface area contributed by atoms with Gasteiger partial charge in [0.2, 0.25) is 5.91 Å². The molecule has 0 aromatic heterocycles. The fourth-order valence-corrected chi connectivity index (χ4v) is 0.416. The number of nitrogens with two attached hydrogens (primary N) is 1. The van der Waals surface area contributed by atoms with Crippen molar-refractivity contribution in [2.45, 2.75) is 13.8 Å². The Bertz CT molecular complexity index is 198. The summed E-state index contributed by atoms with van der Waals surface area (Å²) in [5, 5.41) is 2.23. The highest BCUT2D eigenvalue weighted by molar-refractivity contribution is 5.95. The first-order valence-corrected chi connectivity index (χ1v) is 3.09. The largest absolute Gasteiger partial charge is 0.370 e. The zero-order chi connectivity index (χ0) is 8.85. The van der Waals surface area contributed by atoms with E-state index in [1.807, 2.05) is 0 Å². The number of carbonyl (C=O) groups excluding carboxylic acids is 2. The van der Waals surface area contributed by atoms with Gasteiger partial charge in [-0.05, 0) is 6.92 Å². The summed E-state index contributed by atoms with van der Waals surface area (Å²) < 4.78 is 0. The number of carbonyl (C=O) groups is 2. The van der Waals surface area contributed by atoms with Crippen molar-refractivity contribution >= 4 is 17.6 Å². The monoisotopic (exact) mass is 157 g/mol. The third kappa shape index (κ3) is 6.50. The summed E-state index contributed by atoms with van der Waals surface area (Å²) in [6.45, 7) is 2.72. The van der Waals surface area contributed by atoms with Crippen molar-refractivity contribution in [3.8, 4) is 0 Å². The second kappa shape index (κ2) is 4.43. The van der Waals surface area contributed by atoms with Gasteiger partial charge >= 0.3 is 0 Å². The minimum Gasteiger partial charge on any atom is -0.370 e. The molecule has 0 aromatic rings. The number of hydrogen-bond donors (Lipinski definition) is 2. The molecule has 62 valence electrons.